The van der Waals surface area contributed by atoms with E-state index in [1.807, 2.05) is 62.5 Å². The average Bonchev–Trinajstić information content (AvgIpc) is 3.71. The van der Waals surface area contributed by atoms with Crippen molar-refractivity contribution in [2.24, 2.45) is 5.92 Å². The third kappa shape index (κ3) is 5.92. The van der Waals surface area contributed by atoms with Crippen LogP contribution in [0.1, 0.15) is 30.2 Å². The molecule has 4 aromatic rings. The van der Waals surface area contributed by atoms with Crippen LogP contribution < -0.4 is 9.80 Å². The Labute approximate surface area is 278 Å². The van der Waals surface area contributed by atoms with Crippen molar-refractivity contribution in [3.63, 3.8) is 0 Å². The number of carbonyl (C=O) groups excluding carboxylic acids is 2. The molecule has 1 fully saturated rings. The van der Waals surface area contributed by atoms with E-state index in [0.717, 1.165) is 12.0 Å². The highest BCUT2D eigenvalue weighted by molar-refractivity contribution is 6.71. The first-order valence-corrected chi connectivity index (χ1v) is 18.9. The van der Waals surface area contributed by atoms with Crippen molar-refractivity contribution in [3.8, 4) is 0 Å². The molecule has 1 spiro atoms. The molecule has 4 atom stereocenters. The summed E-state index contributed by atoms with van der Waals surface area (Å²) < 4.78 is 8.46. The van der Waals surface area contributed by atoms with Crippen molar-refractivity contribution < 1.29 is 29.2 Å². The molecular weight excluding hydrogens is 632 g/mol. The van der Waals surface area contributed by atoms with Crippen LogP contribution in [0.25, 0.3) is 0 Å². The number of nitro benzene ring substituents is 1. The Kier molecular flexibility index (Phi) is 9.00. The minimum Gasteiger partial charge on any atom is -0.432 e. The van der Waals surface area contributed by atoms with Crippen molar-refractivity contribution in [3.05, 3.63) is 106 Å². The van der Waals surface area contributed by atoms with Gasteiger partial charge in [-0.1, -0.05) is 42.5 Å². The number of hydrogen-bond donors (Lipinski definition) is 2. The molecule has 1 saturated heterocycles. The van der Waals surface area contributed by atoms with E-state index >= 15 is 0 Å². The molecule has 13 nitrogen and oxygen atoms in total. The van der Waals surface area contributed by atoms with E-state index in [9.17, 15) is 29.6 Å². The summed E-state index contributed by atoms with van der Waals surface area (Å²) in [6.45, 7) is 6.06. The number of para-hydroxylation sites is 1. The summed E-state index contributed by atoms with van der Waals surface area (Å²) in [6.07, 6.45) is 2.75. The van der Waals surface area contributed by atoms with Gasteiger partial charge < -0.3 is 19.5 Å². The van der Waals surface area contributed by atoms with Gasteiger partial charge in [-0.2, -0.15) is 0 Å². The van der Waals surface area contributed by atoms with Gasteiger partial charge in [0.2, 0.25) is 6.41 Å². The first-order valence-electron chi connectivity index (χ1n) is 15.9. The highest BCUT2D eigenvalue weighted by Gasteiger charge is 2.66. The van der Waals surface area contributed by atoms with E-state index < -0.39 is 30.9 Å². The summed E-state index contributed by atoms with van der Waals surface area (Å²) >= 11 is 0. The number of fused-ring (bicyclic) bond motifs is 2. The lowest BCUT2D eigenvalue weighted by Gasteiger charge is -2.32. The Morgan fingerprint density at radius 1 is 1.10 bits per heavy atom. The molecule has 2 amide bonds. The molecule has 0 aliphatic carbocycles. The number of amides is 2. The number of aliphatic hydroxyl groups excluding tert-OH is 1. The average molecular weight is 671 g/mol. The highest BCUT2D eigenvalue weighted by Crippen LogP contribution is 2.60. The number of hydrogen-bond acceptors (Lipinski definition) is 9. The van der Waals surface area contributed by atoms with Crippen LogP contribution in [0.15, 0.2) is 79.0 Å². The van der Waals surface area contributed by atoms with Gasteiger partial charge in [-0.25, -0.2) is 0 Å². The molecule has 3 heterocycles. The van der Waals surface area contributed by atoms with Crippen molar-refractivity contribution >= 4 is 43.4 Å². The van der Waals surface area contributed by atoms with Crippen LogP contribution in [-0.4, -0.2) is 63.2 Å². The largest absolute Gasteiger partial charge is 0.432 e. The molecule has 2 N–H and O–H groups in total. The maximum atomic E-state index is 14.7. The minimum absolute atomic E-state index is 0.0456. The first-order chi connectivity index (χ1) is 23.0. The number of aryl methyl sites for hydroxylation is 1. The second-order valence-electron chi connectivity index (χ2n) is 12.9. The number of nitro groups is 1. The Balaban J connectivity index is 1.33. The van der Waals surface area contributed by atoms with Crippen LogP contribution in [-0.2, 0) is 39.4 Å². The molecule has 0 unspecified atom stereocenters. The van der Waals surface area contributed by atoms with Crippen molar-refractivity contribution in [1.29, 1.82) is 0 Å². The Morgan fingerprint density at radius 3 is 2.46 bits per heavy atom. The highest BCUT2D eigenvalue weighted by atomic mass is 28.4. The monoisotopic (exact) mass is 670 g/mol. The molecule has 14 heteroatoms. The molecular formula is C34H38N6O7Si. The van der Waals surface area contributed by atoms with Gasteiger partial charge in [-0.3, -0.25) is 29.3 Å². The fourth-order valence-electron chi connectivity index (χ4n) is 7.35. The number of aromatic nitrogens is 3. The normalized spacial score (nSPS) is 21.9. The number of carbonyl (C=O) groups is 2. The Bertz CT molecular complexity index is 1810. The predicted molar refractivity (Wildman–Crippen MR) is 180 cm³/mol. The van der Waals surface area contributed by atoms with Gasteiger partial charge >= 0.3 is 0 Å². The standard InChI is InChI=1S/C34H38N6O7Si/c1-23-32(48(2,3)46)31(15-17-37-21-25(16-18-41)35-36-37)47-34(23)29-19-28(40(44)45)13-14-30(29)38(33(34)43)20-24-9-11-27(12-10-24)39(22-42)26-7-5-4-6-8-26/h4-14,19,21-23,31-32,41,46H,15-18,20H2,1-3H3/t23-,31+,32-,34+/m0/s1. The van der Waals surface area contributed by atoms with Crippen molar-refractivity contribution in [2.75, 3.05) is 16.4 Å². The maximum Gasteiger partial charge on any atom is 0.269 e. The quantitative estimate of drug-likeness (QED) is 0.0959. The fraction of sp³-hybridized carbons (Fsp3) is 0.353. The molecule has 2 aliphatic rings. The number of aliphatic hydroxyl groups is 1. The lowest BCUT2D eigenvalue weighted by molar-refractivity contribution is -0.385. The van der Waals surface area contributed by atoms with E-state index in [-0.39, 0.29) is 30.3 Å². The second-order valence-corrected chi connectivity index (χ2v) is 16.9. The zero-order valence-electron chi connectivity index (χ0n) is 27.0. The van der Waals surface area contributed by atoms with Crippen LogP contribution in [0.4, 0.5) is 22.7 Å². The summed E-state index contributed by atoms with van der Waals surface area (Å²) in [5.41, 5.74) is 1.66. The van der Waals surface area contributed by atoms with E-state index in [4.69, 9.17) is 4.74 Å². The zero-order valence-corrected chi connectivity index (χ0v) is 28.0. The summed E-state index contributed by atoms with van der Waals surface area (Å²) in [6, 6.07) is 20.9. The minimum atomic E-state index is -2.96. The number of benzene rings is 3. The summed E-state index contributed by atoms with van der Waals surface area (Å²) in [5, 5.41) is 29.4. The number of rotatable bonds is 12. The van der Waals surface area contributed by atoms with Gasteiger partial charge in [-0.05, 0) is 55.4 Å². The van der Waals surface area contributed by atoms with E-state index in [2.05, 4.69) is 10.3 Å². The Hall–Kier alpha value is -4.76. The van der Waals surface area contributed by atoms with Gasteiger partial charge in [0.05, 0.1) is 29.0 Å². The van der Waals surface area contributed by atoms with Crippen LogP contribution in [0.5, 0.6) is 0 Å². The molecule has 0 saturated carbocycles. The van der Waals surface area contributed by atoms with E-state index in [1.54, 1.807) is 34.0 Å². The zero-order chi connectivity index (χ0) is 34.2. The summed E-state index contributed by atoms with van der Waals surface area (Å²) in [4.78, 5) is 52.8. The van der Waals surface area contributed by atoms with Gasteiger partial charge in [0, 0.05) is 66.3 Å². The molecule has 6 rings (SSSR count). The van der Waals surface area contributed by atoms with Crippen molar-refractivity contribution in [2.45, 2.75) is 63.2 Å². The third-order valence-corrected chi connectivity index (χ3v) is 12.0. The molecule has 0 bridgehead atoms. The SMILES string of the molecule is C[C@H]1[C@H]([Si](C)(C)O)[C@@H](CCn2cc(CCO)nn2)O[C@]12C(=O)N(Cc1ccc(N(C=O)c3ccccc3)cc1)c1ccc([N+](=O)[O-])cc12. The predicted octanol–water partition coefficient (Wildman–Crippen LogP) is 4.45. The van der Waals surface area contributed by atoms with E-state index in [1.165, 1.54) is 17.0 Å². The fourth-order valence-corrected chi connectivity index (χ4v) is 9.95. The second kappa shape index (κ2) is 13.0. The molecule has 48 heavy (non-hydrogen) atoms. The topological polar surface area (TPSA) is 164 Å². The van der Waals surface area contributed by atoms with Crippen molar-refractivity contribution in [1.82, 2.24) is 15.0 Å². The molecule has 0 radical (unpaired) electrons. The molecule has 3 aromatic carbocycles. The van der Waals surface area contributed by atoms with Gasteiger partial charge in [0.1, 0.15) is 0 Å². The van der Waals surface area contributed by atoms with Crippen LogP contribution >= 0.6 is 0 Å². The lowest BCUT2D eigenvalue weighted by Crippen LogP contribution is -2.46. The number of anilines is 3. The molecule has 2 aliphatic heterocycles. The lowest BCUT2D eigenvalue weighted by atomic mass is 9.82. The van der Waals surface area contributed by atoms with Gasteiger partial charge in [0.15, 0.2) is 13.9 Å². The molecule has 1 aromatic heterocycles. The van der Waals surface area contributed by atoms with Gasteiger partial charge in [-0.15, -0.1) is 5.10 Å². The van der Waals surface area contributed by atoms with E-state index in [0.29, 0.717) is 47.7 Å². The third-order valence-electron chi connectivity index (χ3n) is 9.47. The number of nitrogens with zero attached hydrogens (tertiary/aromatic N) is 6. The molecule has 250 valence electrons. The summed E-state index contributed by atoms with van der Waals surface area (Å²) in [5.74, 6) is -0.840. The van der Waals surface area contributed by atoms with Crippen LogP contribution in [0.3, 0.4) is 0 Å². The number of non-ortho nitro benzene ring substituents is 1. The smallest absolute Gasteiger partial charge is 0.269 e. The number of ether oxygens (including phenoxy) is 1. The van der Waals surface area contributed by atoms with Crippen LogP contribution in [0, 0.1) is 16.0 Å². The maximum absolute atomic E-state index is 14.7. The van der Waals surface area contributed by atoms with Gasteiger partial charge in [0.25, 0.3) is 11.6 Å². The van der Waals surface area contributed by atoms with Crippen LogP contribution in [0.2, 0.25) is 18.6 Å². The summed E-state index contributed by atoms with van der Waals surface area (Å²) in [7, 11) is -2.96. The Morgan fingerprint density at radius 2 is 1.81 bits per heavy atom. The first kappa shape index (κ1) is 33.1.